The van der Waals surface area contributed by atoms with Crippen molar-refractivity contribution in [3.05, 3.63) is 83.9 Å². The van der Waals surface area contributed by atoms with Crippen molar-refractivity contribution < 1.29 is 14.3 Å². The number of carbonyl (C=O) groups is 1. The molecule has 0 fully saturated rings. The van der Waals surface area contributed by atoms with Crippen LogP contribution < -0.4 is 9.47 Å². The highest BCUT2D eigenvalue weighted by Crippen LogP contribution is 2.28. The summed E-state index contributed by atoms with van der Waals surface area (Å²) in [5.74, 6) is 1.38. The molecule has 3 aromatic rings. The second-order valence-corrected chi connectivity index (χ2v) is 9.09. The molecule has 0 radical (unpaired) electrons. The fraction of sp³-hybridized carbons (Fsp3) is 0.387. The lowest BCUT2D eigenvalue weighted by Gasteiger charge is -2.12. The summed E-state index contributed by atoms with van der Waals surface area (Å²) in [7, 11) is 0. The van der Waals surface area contributed by atoms with Crippen LogP contribution in [-0.2, 0) is 6.42 Å². The summed E-state index contributed by atoms with van der Waals surface area (Å²) in [6.07, 6.45) is 8.17. The molecule has 0 heterocycles. The molecule has 0 saturated heterocycles. The monoisotopic (exact) mass is 458 g/mol. The minimum absolute atomic E-state index is 0.380. The quantitative estimate of drug-likeness (QED) is 0.146. The lowest BCUT2D eigenvalue weighted by atomic mass is 9.96. The van der Waals surface area contributed by atoms with Gasteiger partial charge in [-0.1, -0.05) is 101 Å². The average molecular weight is 459 g/mol. The van der Waals surface area contributed by atoms with Crippen LogP contribution in [0.4, 0.5) is 0 Å². The smallest absolute Gasteiger partial charge is 0.343 e. The average Bonchev–Trinajstić information content (AvgIpc) is 2.87. The molecule has 0 amide bonds. The van der Waals surface area contributed by atoms with Gasteiger partial charge in [-0.25, -0.2) is 4.79 Å². The first kappa shape index (κ1) is 25.6. The molecular weight excluding hydrogens is 420 g/mol. The SMILES string of the molecule is CCCCCCCOc1ccccc1OC(=O)c1ccc(-c2ccc(CC(C)CC)cc2)cc1. The first-order valence-electron chi connectivity index (χ1n) is 12.7. The second-order valence-electron chi connectivity index (χ2n) is 9.09. The Kier molecular flexibility index (Phi) is 10.2. The van der Waals surface area contributed by atoms with Crippen LogP contribution >= 0.6 is 0 Å². The van der Waals surface area contributed by atoms with Crippen molar-refractivity contribution in [2.75, 3.05) is 6.61 Å². The molecule has 3 heteroatoms. The third-order valence-corrected chi connectivity index (χ3v) is 6.25. The molecule has 0 bridgehead atoms. The number of ether oxygens (including phenoxy) is 2. The number of benzene rings is 3. The Morgan fingerprint density at radius 2 is 1.38 bits per heavy atom. The molecule has 0 aromatic heterocycles. The predicted molar refractivity (Wildman–Crippen MR) is 141 cm³/mol. The number of esters is 1. The summed E-state index contributed by atoms with van der Waals surface area (Å²) in [4.78, 5) is 12.8. The molecule has 180 valence electrons. The minimum atomic E-state index is -0.380. The molecule has 0 aliphatic rings. The molecule has 0 N–H and O–H groups in total. The Labute approximate surface area is 205 Å². The predicted octanol–water partition coefficient (Wildman–Crippen LogP) is 8.51. The van der Waals surface area contributed by atoms with Crippen molar-refractivity contribution in [3.8, 4) is 22.6 Å². The molecule has 3 rings (SSSR count). The van der Waals surface area contributed by atoms with Gasteiger partial charge in [0, 0.05) is 0 Å². The van der Waals surface area contributed by atoms with Crippen molar-refractivity contribution in [3.63, 3.8) is 0 Å². The maximum absolute atomic E-state index is 12.8. The Morgan fingerprint density at radius 1 is 0.765 bits per heavy atom. The topological polar surface area (TPSA) is 35.5 Å². The van der Waals surface area contributed by atoms with E-state index in [9.17, 15) is 4.79 Å². The first-order valence-corrected chi connectivity index (χ1v) is 12.7. The summed E-state index contributed by atoms with van der Waals surface area (Å²) in [5, 5.41) is 0. The van der Waals surface area contributed by atoms with Crippen LogP contribution in [0.15, 0.2) is 72.8 Å². The number of hydrogen-bond acceptors (Lipinski definition) is 3. The van der Waals surface area contributed by atoms with Crippen molar-refractivity contribution in [2.45, 2.75) is 65.7 Å². The van der Waals surface area contributed by atoms with Gasteiger partial charge in [-0.15, -0.1) is 0 Å². The van der Waals surface area contributed by atoms with Crippen LogP contribution in [0.5, 0.6) is 11.5 Å². The fourth-order valence-corrected chi connectivity index (χ4v) is 3.88. The van der Waals surface area contributed by atoms with Crippen molar-refractivity contribution in [1.82, 2.24) is 0 Å². The lowest BCUT2D eigenvalue weighted by Crippen LogP contribution is -2.09. The van der Waals surface area contributed by atoms with E-state index in [2.05, 4.69) is 45.0 Å². The van der Waals surface area contributed by atoms with E-state index >= 15 is 0 Å². The van der Waals surface area contributed by atoms with Gasteiger partial charge in [-0.2, -0.15) is 0 Å². The van der Waals surface area contributed by atoms with Crippen LogP contribution in [-0.4, -0.2) is 12.6 Å². The molecular formula is C31H38O3. The highest BCUT2D eigenvalue weighted by atomic mass is 16.6. The number of rotatable bonds is 13. The summed E-state index contributed by atoms with van der Waals surface area (Å²) in [6, 6.07) is 23.7. The Morgan fingerprint density at radius 3 is 2.03 bits per heavy atom. The largest absolute Gasteiger partial charge is 0.490 e. The van der Waals surface area contributed by atoms with E-state index in [0.717, 1.165) is 30.4 Å². The van der Waals surface area contributed by atoms with E-state index in [1.807, 2.05) is 42.5 Å². The number of hydrogen-bond donors (Lipinski definition) is 0. The van der Waals surface area contributed by atoms with Crippen LogP contribution in [0.3, 0.4) is 0 Å². The zero-order chi connectivity index (χ0) is 24.2. The highest BCUT2D eigenvalue weighted by Gasteiger charge is 2.13. The molecule has 34 heavy (non-hydrogen) atoms. The molecule has 0 aliphatic carbocycles. The van der Waals surface area contributed by atoms with Crippen molar-refractivity contribution >= 4 is 5.97 Å². The van der Waals surface area contributed by atoms with Gasteiger partial charge in [0.15, 0.2) is 11.5 Å². The molecule has 0 aliphatic heterocycles. The van der Waals surface area contributed by atoms with Gasteiger partial charge in [0.2, 0.25) is 0 Å². The Bertz CT molecular complexity index is 1010. The Hall–Kier alpha value is -3.07. The minimum Gasteiger partial charge on any atom is -0.490 e. The van der Waals surface area contributed by atoms with Gasteiger partial charge in [0.25, 0.3) is 0 Å². The lowest BCUT2D eigenvalue weighted by molar-refractivity contribution is 0.0728. The van der Waals surface area contributed by atoms with Crippen LogP contribution in [0.25, 0.3) is 11.1 Å². The van der Waals surface area contributed by atoms with Gasteiger partial charge in [0.1, 0.15) is 0 Å². The summed E-state index contributed by atoms with van der Waals surface area (Å²) < 4.78 is 11.6. The third kappa shape index (κ3) is 7.76. The zero-order valence-corrected chi connectivity index (χ0v) is 20.9. The zero-order valence-electron chi connectivity index (χ0n) is 20.9. The standard InChI is InChI=1S/C31H38O3/c1-4-6-7-8-11-22-33-29-12-9-10-13-30(29)34-31(32)28-20-18-27(19-21-28)26-16-14-25(15-17-26)23-24(3)5-2/h9-10,12-21,24H,4-8,11,22-23H2,1-3H3. The van der Waals surface area contributed by atoms with Crippen LogP contribution in [0, 0.1) is 5.92 Å². The van der Waals surface area contributed by atoms with Gasteiger partial charge in [-0.3, -0.25) is 0 Å². The van der Waals surface area contributed by atoms with E-state index in [-0.39, 0.29) is 5.97 Å². The number of carbonyl (C=O) groups excluding carboxylic acids is 1. The molecule has 3 aromatic carbocycles. The van der Waals surface area contributed by atoms with Gasteiger partial charge >= 0.3 is 5.97 Å². The fourth-order valence-electron chi connectivity index (χ4n) is 3.88. The first-order chi connectivity index (χ1) is 16.6. The number of unbranched alkanes of at least 4 members (excludes halogenated alkanes) is 4. The van der Waals surface area contributed by atoms with Gasteiger partial charge in [-0.05, 0) is 59.7 Å². The van der Waals surface area contributed by atoms with E-state index in [0.29, 0.717) is 29.6 Å². The van der Waals surface area contributed by atoms with Gasteiger partial charge in [0.05, 0.1) is 12.2 Å². The maximum Gasteiger partial charge on any atom is 0.343 e. The summed E-state index contributed by atoms with van der Waals surface area (Å²) in [6.45, 7) is 7.35. The summed E-state index contributed by atoms with van der Waals surface area (Å²) in [5.41, 5.74) is 4.11. The van der Waals surface area contributed by atoms with E-state index in [1.54, 1.807) is 6.07 Å². The molecule has 0 spiro atoms. The van der Waals surface area contributed by atoms with Gasteiger partial charge < -0.3 is 9.47 Å². The third-order valence-electron chi connectivity index (χ3n) is 6.25. The van der Waals surface area contributed by atoms with Crippen LogP contribution in [0.1, 0.15) is 75.2 Å². The molecule has 1 unspecified atom stereocenters. The normalized spacial score (nSPS) is 11.7. The Balaban J connectivity index is 1.58. The van der Waals surface area contributed by atoms with E-state index in [4.69, 9.17) is 9.47 Å². The van der Waals surface area contributed by atoms with Crippen LogP contribution in [0.2, 0.25) is 0 Å². The molecule has 1 atom stereocenters. The maximum atomic E-state index is 12.8. The van der Waals surface area contributed by atoms with E-state index < -0.39 is 0 Å². The second kappa shape index (κ2) is 13.6. The summed E-state index contributed by atoms with van der Waals surface area (Å²) >= 11 is 0. The number of para-hydroxylation sites is 2. The van der Waals surface area contributed by atoms with Crippen molar-refractivity contribution in [2.24, 2.45) is 5.92 Å². The van der Waals surface area contributed by atoms with Crippen molar-refractivity contribution in [1.29, 1.82) is 0 Å². The molecule has 0 saturated carbocycles. The highest BCUT2D eigenvalue weighted by molar-refractivity contribution is 5.92. The molecule has 3 nitrogen and oxygen atoms in total. The van der Waals surface area contributed by atoms with E-state index in [1.165, 1.54) is 31.2 Å².